The monoisotopic (exact) mass is 293 g/mol. The van der Waals surface area contributed by atoms with Gasteiger partial charge in [0.25, 0.3) is 0 Å². The SMILES string of the molecule is CCNCc1ccc([N+](=O)[O-])c(OCc2cncs2)c1. The first-order chi connectivity index (χ1) is 9.70. The van der Waals surface area contributed by atoms with Gasteiger partial charge >= 0.3 is 5.69 Å². The molecule has 1 aromatic carbocycles. The predicted molar refractivity (Wildman–Crippen MR) is 76.9 cm³/mol. The van der Waals surface area contributed by atoms with Crippen LogP contribution in [0.4, 0.5) is 5.69 Å². The summed E-state index contributed by atoms with van der Waals surface area (Å²) in [5.74, 6) is 0.291. The number of nitro benzene ring substituents is 1. The van der Waals surface area contributed by atoms with E-state index in [1.54, 1.807) is 23.8 Å². The van der Waals surface area contributed by atoms with Gasteiger partial charge < -0.3 is 10.1 Å². The fourth-order valence-corrected chi connectivity index (χ4v) is 2.17. The van der Waals surface area contributed by atoms with E-state index >= 15 is 0 Å². The average molecular weight is 293 g/mol. The van der Waals surface area contributed by atoms with Gasteiger partial charge in [-0.2, -0.15) is 0 Å². The van der Waals surface area contributed by atoms with Crippen molar-refractivity contribution in [3.8, 4) is 5.75 Å². The Kier molecular flexibility index (Phi) is 5.03. The first kappa shape index (κ1) is 14.4. The Hall–Kier alpha value is -1.99. The summed E-state index contributed by atoms with van der Waals surface area (Å²) in [5, 5.41) is 14.2. The molecule has 1 heterocycles. The topological polar surface area (TPSA) is 77.3 Å². The molecule has 1 aromatic heterocycles. The normalized spacial score (nSPS) is 10.4. The van der Waals surface area contributed by atoms with Crippen LogP contribution in [0.5, 0.6) is 5.75 Å². The van der Waals surface area contributed by atoms with Gasteiger partial charge in [-0.25, -0.2) is 0 Å². The molecule has 0 spiro atoms. The number of benzene rings is 1. The predicted octanol–water partition coefficient (Wildman–Crippen LogP) is 2.74. The number of thiazole rings is 1. The Bertz CT molecular complexity index is 572. The van der Waals surface area contributed by atoms with E-state index in [2.05, 4.69) is 10.3 Å². The summed E-state index contributed by atoms with van der Waals surface area (Å²) in [5.41, 5.74) is 2.64. The van der Waals surface area contributed by atoms with Crippen LogP contribution in [0.15, 0.2) is 29.9 Å². The molecule has 0 unspecified atom stereocenters. The fraction of sp³-hybridized carbons (Fsp3) is 0.308. The van der Waals surface area contributed by atoms with Crippen LogP contribution in [0.3, 0.4) is 0 Å². The van der Waals surface area contributed by atoms with E-state index in [4.69, 9.17) is 4.74 Å². The number of nitrogens with zero attached hydrogens (tertiary/aromatic N) is 2. The quantitative estimate of drug-likeness (QED) is 0.627. The van der Waals surface area contributed by atoms with Crippen molar-refractivity contribution in [2.24, 2.45) is 0 Å². The van der Waals surface area contributed by atoms with Crippen LogP contribution in [-0.4, -0.2) is 16.5 Å². The maximum absolute atomic E-state index is 11.0. The number of nitro groups is 1. The third kappa shape index (κ3) is 3.75. The zero-order valence-corrected chi connectivity index (χ0v) is 11.9. The number of nitrogens with one attached hydrogen (secondary N) is 1. The minimum Gasteiger partial charge on any atom is -0.481 e. The Morgan fingerprint density at radius 3 is 3.00 bits per heavy atom. The molecule has 0 atom stereocenters. The van der Waals surface area contributed by atoms with Crippen molar-refractivity contribution >= 4 is 17.0 Å². The largest absolute Gasteiger partial charge is 0.481 e. The molecule has 0 bridgehead atoms. The highest BCUT2D eigenvalue weighted by Gasteiger charge is 2.15. The lowest BCUT2D eigenvalue weighted by Crippen LogP contribution is -2.12. The highest BCUT2D eigenvalue weighted by atomic mass is 32.1. The molecule has 0 aliphatic heterocycles. The van der Waals surface area contributed by atoms with E-state index in [1.165, 1.54) is 17.4 Å². The Labute approximate surface area is 120 Å². The molecule has 6 nitrogen and oxygen atoms in total. The number of ether oxygens (including phenoxy) is 1. The van der Waals surface area contributed by atoms with Crippen molar-refractivity contribution in [1.29, 1.82) is 0 Å². The Balaban J connectivity index is 2.15. The van der Waals surface area contributed by atoms with Gasteiger partial charge in [0.1, 0.15) is 6.61 Å². The van der Waals surface area contributed by atoms with Crippen molar-refractivity contribution in [2.75, 3.05) is 6.54 Å². The molecular weight excluding hydrogens is 278 g/mol. The first-order valence-electron chi connectivity index (χ1n) is 6.19. The standard InChI is InChI=1S/C13H15N3O3S/c1-2-14-6-10-3-4-12(16(17)18)13(5-10)19-8-11-7-15-9-20-11/h3-5,7,9,14H,2,6,8H2,1H3. The zero-order valence-electron chi connectivity index (χ0n) is 11.0. The fourth-order valence-electron chi connectivity index (χ4n) is 1.67. The molecule has 2 rings (SSSR count). The van der Waals surface area contributed by atoms with E-state index < -0.39 is 4.92 Å². The summed E-state index contributed by atoms with van der Waals surface area (Å²) in [6.07, 6.45) is 1.69. The van der Waals surface area contributed by atoms with Crippen LogP contribution in [0.1, 0.15) is 17.4 Å². The smallest absolute Gasteiger partial charge is 0.310 e. The van der Waals surface area contributed by atoms with Crippen molar-refractivity contribution in [1.82, 2.24) is 10.3 Å². The van der Waals surface area contributed by atoms with Gasteiger partial charge in [0, 0.05) is 18.8 Å². The molecule has 0 saturated carbocycles. The van der Waals surface area contributed by atoms with Crippen molar-refractivity contribution < 1.29 is 9.66 Å². The zero-order chi connectivity index (χ0) is 14.4. The molecule has 2 aromatic rings. The molecule has 106 valence electrons. The maximum Gasteiger partial charge on any atom is 0.310 e. The van der Waals surface area contributed by atoms with Crippen LogP contribution in [-0.2, 0) is 13.2 Å². The molecule has 1 N–H and O–H groups in total. The molecule has 20 heavy (non-hydrogen) atoms. The van der Waals surface area contributed by atoms with Crippen molar-refractivity contribution in [2.45, 2.75) is 20.1 Å². The second kappa shape index (κ2) is 6.97. The number of aromatic nitrogens is 1. The summed E-state index contributed by atoms with van der Waals surface area (Å²) >= 11 is 1.46. The third-order valence-electron chi connectivity index (χ3n) is 2.65. The number of hydrogen-bond acceptors (Lipinski definition) is 6. The molecule has 0 saturated heterocycles. The number of rotatable bonds is 7. The van der Waals surface area contributed by atoms with Gasteiger partial charge in [0.15, 0.2) is 5.75 Å². The summed E-state index contributed by atoms with van der Waals surface area (Å²) in [6.45, 7) is 3.79. The molecule has 0 aliphatic rings. The first-order valence-corrected chi connectivity index (χ1v) is 7.07. The maximum atomic E-state index is 11.0. The lowest BCUT2D eigenvalue weighted by molar-refractivity contribution is -0.386. The van der Waals surface area contributed by atoms with E-state index in [0.717, 1.165) is 17.0 Å². The molecule has 7 heteroatoms. The van der Waals surface area contributed by atoms with E-state index in [9.17, 15) is 10.1 Å². The minimum absolute atomic E-state index is 0.0187. The van der Waals surface area contributed by atoms with Gasteiger partial charge in [-0.15, -0.1) is 11.3 Å². The van der Waals surface area contributed by atoms with Crippen LogP contribution in [0.25, 0.3) is 0 Å². The lowest BCUT2D eigenvalue weighted by Gasteiger charge is -2.08. The van der Waals surface area contributed by atoms with E-state index in [-0.39, 0.29) is 12.3 Å². The molecule has 0 amide bonds. The van der Waals surface area contributed by atoms with Gasteiger partial charge in [-0.3, -0.25) is 15.1 Å². The highest BCUT2D eigenvalue weighted by molar-refractivity contribution is 7.09. The van der Waals surface area contributed by atoms with E-state index in [1.807, 2.05) is 6.92 Å². The molecule has 0 aliphatic carbocycles. The Morgan fingerprint density at radius 1 is 1.50 bits per heavy atom. The minimum atomic E-state index is -0.432. The van der Waals surface area contributed by atoms with Gasteiger partial charge in [-0.05, 0) is 18.2 Å². The summed E-state index contributed by atoms with van der Waals surface area (Å²) in [7, 11) is 0. The van der Waals surface area contributed by atoms with Crippen molar-refractivity contribution in [3.05, 3.63) is 50.5 Å². The summed E-state index contributed by atoms with van der Waals surface area (Å²) in [6, 6.07) is 4.93. The van der Waals surface area contributed by atoms with Crippen LogP contribution < -0.4 is 10.1 Å². The molecular formula is C13H15N3O3S. The van der Waals surface area contributed by atoms with Gasteiger partial charge in [0.2, 0.25) is 0 Å². The van der Waals surface area contributed by atoms with E-state index in [0.29, 0.717) is 12.3 Å². The van der Waals surface area contributed by atoms with Gasteiger partial charge in [0.05, 0.1) is 15.3 Å². The third-order valence-corrected chi connectivity index (χ3v) is 3.41. The van der Waals surface area contributed by atoms with Crippen LogP contribution in [0.2, 0.25) is 0 Å². The summed E-state index contributed by atoms with van der Waals surface area (Å²) in [4.78, 5) is 15.4. The number of hydrogen-bond donors (Lipinski definition) is 1. The molecule has 0 radical (unpaired) electrons. The van der Waals surface area contributed by atoms with Crippen molar-refractivity contribution in [3.63, 3.8) is 0 Å². The highest BCUT2D eigenvalue weighted by Crippen LogP contribution is 2.29. The van der Waals surface area contributed by atoms with Gasteiger partial charge in [-0.1, -0.05) is 13.0 Å². The Morgan fingerprint density at radius 2 is 2.35 bits per heavy atom. The average Bonchev–Trinajstić information content (AvgIpc) is 2.96. The molecule has 0 fully saturated rings. The van der Waals surface area contributed by atoms with Crippen LogP contribution >= 0.6 is 11.3 Å². The lowest BCUT2D eigenvalue weighted by atomic mass is 10.2. The van der Waals surface area contributed by atoms with Crippen LogP contribution in [0, 0.1) is 10.1 Å². The second-order valence-electron chi connectivity index (χ2n) is 4.10. The second-order valence-corrected chi connectivity index (χ2v) is 5.07. The summed E-state index contributed by atoms with van der Waals surface area (Å²) < 4.78 is 5.56.